The molecule has 0 saturated carbocycles. The van der Waals surface area contributed by atoms with E-state index in [9.17, 15) is 13.2 Å². The predicted molar refractivity (Wildman–Crippen MR) is 69.2 cm³/mol. The van der Waals surface area contributed by atoms with E-state index in [4.69, 9.17) is 11.6 Å². The zero-order chi connectivity index (χ0) is 13.9. The number of hydrogen-bond donors (Lipinski definition) is 0. The predicted octanol–water partition coefficient (Wildman–Crippen LogP) is 5.22. The highest BCUT2D eigenvalue weighted by molar-refractivity contribution is 6.21. The molecule has 18 heavy (non-hydrogen) atoms. The maximum Gasteiger partial charge on any atom is 0.408 e. The summed E-state index contributed by atoms with van der Waals surface area (Å²) in [5, 5.41) is -1.91. The van der Waals surface area contributed by atoms with Crippen LogP contribution < -0.4 is 0 Å². The molecule has 1 atom stereocenters. The number of alkyl halides is 4. The van der Waals surface area contributed by atoms with Crippen molar-refractivity contribution in [1.29, 1.82) is 0 Å². The molecule has 0 aliphatic rings. The van der Waals surface area contributed by atoms with Crippen molar-refractivity contribution in [2.75, 3.05) is 0 Å². The van der Waals surface area contributed by atoms with Gasteiger partial charge >= 0.3 is 6.18 Å². The average Bonchev–Trinajstić information content (AvgIpc) is 2.34. The van der Waals surface area contributed by atoms with Crippen LogP contribution in [0, 0.1) is 0 Å². The minimum atomic E-state index is -4.40. The third kappa shape index (κ3) is 3.19. The number of rotatable bonds is 4. The van der Waals surface area contributed by atoms with Crippen molar-refractivity contribution in [3.63, 3.8) is 0 Å². The van der Waals surface area contributed by atoms with Crippen LogP contribution in [0.2, 0.25) is 0 Å². The zero-order valence-corrected chi connectivity index (χ0v) is 11.6. The minimum absolute atomic E-state index is 0.256. The Bertz CT molecular complexity index is 385. The second-order valence-corrected chi connectivity index (χ2v) is 4.73. The molecular weight excluding hydrogens is 261 g/mol. The molecule has 0 bridgehead atoms. The zero-order valence-electron chi connectivity index (χ0n) is 10.9. The molecule has 0 fully saturated rings. The van der Waals surface area contributed by atoms with Gasteiger partial charge in [-0.05, 0) is 41.5 Å². The molecular formula is C14H18ClF3. The highest BCUT2D eigenvalue weighted by Crippen LogP contribution is 2.41. The molecule has 0 N–H and O–H groups in total. The molecule has 0 aliphatic carbocycles. The van der Waals surface area contributed by atoms with Crippen molar-refractivity contribution in [2.45, 2.75) is 51.6 Å². The summed E-state index contributed by atoms with van der Waals surface area (Å²) < 4.78 is 38.5. The van der Waals surface area contributed by atoms with Crippen LogP contribution in [0.1, 0.15) is 48.4 Å². The minimum Gasteiger partial charge on any atom is -0.169 e. The van der Waals surface area contributed by atoms with Gasteiger partial charge in [0.1, 0.15) is 0 Å². The third-order valence-electron chi connectivity index (χ3n) is 3.12. The molecule has 0 nitrogen and oxygen atoms in total. The van der Waals surface area contributed by atoms with Gasteiger partial charge in [-0.25, -0.2) is 0 Å². The standard InChI is InChI=1S/C14H18ClF3/c1-4-9-7-10(5-2)12(11(6-3)8-9)13(15)14(16,17)18/h7-8,13H,4-6H2,1-3H3. The SMILES string of the molecule is CCc1cc(CC)c(C(Cl)C(F)(F)F)c(CC)c1. The van der Waals surface area contributed by atoms with E-state index in [1.807, 2.05) is 32.9 Å². The highest BCUT2D eigenvalue weighted by atomic mass is 35.5. The molecule has 4 heteroatoms. The summed E-state index contributed by atoms with van der Waals surface area (Å²) in [6, 6.07) is 3.69. The topological polar surface area (TPSA) is 0 Å². The van der Waals surface area contributed by atoms with Gasteiger partial charge in [0.05, 0.1) is 0 Å². The fourth-order valence-corrected chi connectivity index (χ4v) is 2.41. The first-order valence-electron chi connectivity index (χ1n) is 6.20. The molecule has 0 radical (unpaired) electrons. The van der Waals surface area contributed by atoms with Crippen molar-refractivity contribution in [3.05, 3.63) is 34.4 Å². The van der Waals surface area contributed by atoms with Gasteiger partial charge in [0.15, 0.2) is 5.38 Å². The van der Waals surface area contributed by atoms with E-state index in [0.717, 1.165) is 12.0 Å². The van der Waals surface area contributed by atoms with Crippen molar-refractivity contribution in [2.24, 2.45) is 0 Å². The fraction of sp³-hybridized carbons (Fsp3) is 0.571. The molecule has 0 aromatic heterocycles. The van der Waals surface area contributed by atoms with Gasteiger partial charge in [-0.1, -0.05) is 32.9 Å². The van der Waals surface area contributed by atoms with Gasteiger partial charge < -0.3 is 0 Å². The third-order valence-corrected chi connectivity index (χ3v) is 3.59. The molecule has 102 valence electrons. The summed E-state index contributed by atoms with van der Waals surface area (Å²) in [4.78, 5) is 0. The van der Waals surface area contributed by atoms with Crippen LogP contribution in [-0.2, 0) is 19.3 Å². The first kappa shape index (κ1) is 15.4. The first-order chi connectivity index (χ1) is 8.35. The Hall–Kier alpha value is -0.700. The summed E-state index contributed by atoms with van der Waals surface area (Å²) in [7, 11) is 0. The number of aryl methyl sites for hydroxylation is 3. The molecule has 1 aromatic rings. The van der Waals surface area contributed by atoms with Gasteiger partial charge in [-0.15, -0.1) is 11.6 Å². The van der Waals surface area contributed by atoms with E-state index in [-0.39, 0.29) is 5.56 Å². The Morgan fingerprint density at radius 1 is 1.00 bits per heavy atom. The summed E-state index contributed by atoms with van der Waals surface area (Å²) in [5.74, 6) is 0. The van der Waals surface area contributed by atoms with Crippen LogP contribution in [0.3, 0.4) is 0 Å². The van der Waals surface area contributed by atoms with Gasteiger partial charge in [0.2, 0.25) is 0 Å². The van der Waals surface area contributed by atoms with Gasteiger partial charge in [-0.3, -0.25) is 0 Å². The highest BCUT2D eigenvalue weighted by Gasteiger charge is 2.41. The lowest BCUT2D eigenvalue weighted by atomic mass is 9.91. The van der Waals surface area contributed by atoms with E-state index in [1.54, 1.807) is 0 Å². The lowest BCUT2D eigenvalue weighted by Gasteiger charge is -2.21. The lowest BCUT2D eigenvalue weighted by Crippen LogP contribution is -2.19. The molecule has 1 unspecified atom stereocenters. The van der Waals surface area contributed by atoms with E-state index < -0.39 is 11.6 Å². The van der Waals surface area contributed by atoms with Crippen LogP contribution in [0.5, 0.6) is 0 Å². The molecule has 0 saturated heterocycles. The number of halogens is 4. The van der Waals surface area contributed by atoms with Crippen molar-refractivity contribution < 1.29 is 13.2 Å². The maximum absolute atomic E-state index is 12.8. The average molecular weight is 279 g/mol. The number of hydrogen-bond acceptors (Lipinski definition) is 0. The molecule has 1 aromatic carbocycles. The van der Waals surface area contributed by atoms with Crippen LogP contribution in [0.4, 0.5) is 13.2 Å². The van der Waals surface area contributed by atoms with Crippen molar-refractivity contribution in [3.8, 4) is 0 Å². The lowest BCUT2D eigenvalue weighted by molar-refractivity contribution is -0.132. The quantitative estimate of drug-likeness (QED) is 0.663. The van der Waals surface area contributed by atoms with Crippen LogP contribution in [-0.4, -0.2) is 6.18 Å². The fourth-order valence-electron chi connectivity index (χ4n) is 2.13. The largest absolute Gasteiger partial charge is 0.408 e. The van der Waals surface area contributed by atoms with E-state index in [0.29, 0.717) is 24.0 Å². The van der Waals surface area contributed by atoms with Crippen LogP contribution >= 0.6 is 11.6 Å². The molecule has 0 aliphatic heterocycles. The first-order valence-corrected chi connectivity index (χ1v) is 6.64. The molecule has 0 heterocycles. The Morgan fingerprint density at radius 2 is 1.44 bits per heavy atom. The second kappa shape index (κ2) is 5.96. The van der Waals surface area contributed by atoms with Crippen molar-refractivity contribution >= 4 is 11.6 Å². The van der Waals surface area contributed by atoms with E-state index >= 15 is 0 Å². The smallest absolute Gasteiger partial charge is 0.169 e. The second-order valence-electron chi connectivity index (χ2n) is 4.29. The Balaban J connectivity index is 3.40. The van der Waals surface area contributed by atoms with Gasteiger partial charge in [0.25, 0.3) is 0 Å². The maximum atomic E-state index is 12.8. The van der Waals surface area contributed by atoms with E-state index in [2.05, 4.69) is 0 Å². The Labute approximate surface area is 111 Å². The molecule has 1 rings (SSSR count). The summed E-state index contributed by atoms with van der Waals surface area (Å²) in [6.07, 6.45) is -2.45. The van der Waals surface area contributed by atoms with Crippen molar-refractivity contribution in [1.82, 2.24) is 0 Å². The van der Waals surface area contributed by atoms with Gasteiger partial charge in [-0.2, -0.15) is 13.2 Å². The normalized spacial score (nSPS) is 13.7. The van der Waals surface area contributed by atoms with Crippen LogP contribution in [0.25, 0.3) is 0 Å². The van der Waals surface area contributed by atoms with E-state index in [1.165, 1.54) is 0 Å². The van der Waals surface area contributed by atoms with Crippen LogP contribution in [0.15, 0.2) is 12.1 Å². The molecule has 0 amide bonds. The Morgan fingerprint density at radius 3 is 1.72 bits per heavy atom. The molecule has 0 spiro atoms. The summed E-state index contributed by atoms with van der Waals surface area (Å²) >= 11 is 5.62. The summed E-state index contributed by atoms with van der Waals surface area (Å²) in [6.45, 7) is 5.71. The summed E-state index contributed by atoms with van der Waals surface area (Å²) in [5.41, 5.74) is 2.75. The van der Waals surface area contributed by atoms with Gasteiger partial charge in [0, 0.05) is 0 Å². The monoisotopic (exact) mass is 278 g/mol. The Kier molecular flexibility index (Phi) is 5.09. The number of benzene rings is 1.